The van der Waals surface area contributed by atoms with E-state index < -0.39 is 20.9 Å². The second-order valence-electron chi connectivity index (χ2n) is 4.94. The fraction of sp³-hybridized carbons (Fsp3) is 0.538. The zero-order chi connectivity index (χ0) is 14.0. The van der Waals surface area contributed by atoms with Gasteiger partial charge >= 0.3 is 0 Å². The van der Waals surface area contributed by atoms with Crippen LogP contribution in [0.5, 0.6) is 0 Å². The van der Waals surface area contributed by atoms with Crippen molar-refractivity contribution in [2.24, 2.45) is 0 Å². The molecule has 2 rings (SSSR count). The van der Waals surface area contributed by atoms with Gasteiger partial charge in [-0.1, -0.05) is 0 Å². The normalized spacial score (nSPS) is 16.9. The number of anilines is 1. The van der Waals surface area contributed by atoms with E-state index in [-0.39, 0.29) is 4.90 Å². The van der Waals surface area contributed by atoms with E-state index >= 15 is 0 Å². The molecule has 4 nitrogen and oxygen atoms in total. The molecule has 1 N–H and O–H groups in total. The zero-order valence-corrected chi connectivity index (χ0v) is 12.0. The maximum Gasteiger partial charge on any atom is 0.180 e. The quantitative estimate of drug-likeness (QED) is 0.913. The molecule has 1 aromatic carbocycles. The van der Waals surface area contributed by atoms with E-state index in [4.69, 9.17) is 0 Å². The number of hydrogen-bond acceptors (Lipinski definition) is 4. The molecule has 0 atom stereocenters. The molecule has 0 aliphatic carbocycles. The van der Waals surface area contributed by atoms with Crippen LogP contribution in [0.3, 0.4) is 0 Å². The fourth-order valence-electron chi connectivity index (χ4n) is 2.10. The number of rotatable bonds is 3. The zero-order valence-electron chi connectivity index (χ0n) is 11.2. The molecule has 19 heavy (non-hydrogen) atoms. The van der Waals surface area contributed by atoms with Crippen LogP contribution in [0.2, 0.25) is 0 Å². The van der Waals surface area contributed by atoms with E-state index in [0.717, 1.165) is 32.2 Å². The van der Waals surface area contributed by atoms with Crippen molar-refractivity contribution in [3.63, 3.8) is 0 Å². The van der Waals surface area contributed by atoms with Crippen molar-refractivity contribution in [3.05, 3.63) is 24.0 Å². The van der Waals surface area contributed by atoms with Crippen LogP contribution in [0.25, 0.3) is 0 Å². The van der Waals surface area contributed by atoms with E-state index in [9.17, 15) is 12.8 Å². The van der Waals surface area contributed by atoms with Gasteiger partial charge in [-0.15, -0.1) is 0 Å². The third-order valence-electron chi connectivity index (χ3n) is 3.33. The Balaban J connectivity index is 2.32. The first-order valence-corrected chi connectivity index (χ1v) is 7.96. The molecule has 0 bridgehead atoms. The van der Waals surface area contributed by atoms with Crippen LogP contribution >= 0.6 is 0 Å². The molecule has 6 heteroatoms. The first kappa shape index (κ1) is 14.3. The molecular weight excluding hydrogens is 267 g/mol. The largest absolute Gasteiger partial charge is 0.367 e. The van der Waals surface area contributed by atoms with Crippen molar-refractivity contribution >= 4 is 15.5 Å². The number of sulfone groups is 1. The predicted octanol–water partition coefficient (Wildman–Crippen LogP) is 1.42. The van der Waals surface area contributed by atoms with Crippen molar-refractivity contribution in [2.75, 3.05) is 31.1 Å². The number of piperazine rings is 1. The maximum atomic E-state index is 14.1. The van der Waals surface area contributed by atoms with Gasteiger partial charge in [-0.05, 0) is 32.0 Å². The lowest BCUT2D eigenvalue weighted by atomic mass is 10.2. The van der Waals surface area contributed by atoms with Gasteiger partial charge in [0.05, 0.1) is 15.8 Å². The highest BCUT2D eigenvalue weighted by atomic mass is 32.2. The highest BCUT2D eigenvalue weighted by Crippen LogP contribution is 2.25. The Morgan fingerprint density at radius 1 is 1.26 bits per heavy atom. The third-order valence-corrected chi connectivity index (χ3v) is 5.48. The van der Waals surface area contributed by atoms with Crippen LogP contribution in [0.4, 0.5) is 10.1 Å². The highest BCUT2D eigenvalue weighted by Gasteiger charge is 2.22. The van der Waals surface area contributed by atoms with Crippen LogP contribution < -0.4 is 10.2 Å². The van der Waals surface area contributed by atoms with Crippen molar-refractivity contribution in [3.8, 4) is 0 Å². The predicted molar refractivity (Wildman–Crippen MR) is 73.8 cm³/mol. The van der Waals surface area contributed by atoms with Gasteiger partial charge in [0.2, 0.25) is 0 Å². The fourth-order valence-corrected chi connectivity index (χ4v) is 3.17. The number of nitrogens with zero attached hydrogens (tertiary/aromatic N) is 1. The molecule has 0 unspecified atom stereocenters. The molecule has 1 saturated heterocycles. The van der Waals surface area contributed by atoms with Gasteiger partial charge < -0.3 is 10.2 Å². The monoisotopic (exact) mass is 286 g/mol. The molecule has 1 aromatic rings. The van der Waals surface area contributed by atoms with Crippen molar-refractivity contribution in [1.29, 1.82) is 0 Å². The van der Waals surface area contributed by atoms with Gasteiger partial charge in [-0.25, -0.2) is 12.8 Å². The molecule has 0 amide bonds. The third kappa shape index (κ3) is 2.90. The number of benzene rings is 1. The maximum absolute atomic E-state index is 14.1. The molecule has 106 valence electrons. The summed E-state index contributed by atoms with van der Waals surface area (Å²) in [6, 6.07) is 4.19. The molecule has 0 saturated carbocycles. The Bertz CT molecular complexity index is 552. The molecule has 0 spiro atoms. The Morgan fingerprint density at radius 3 is 2.42 bits per heavy atom. The first-order valence-electron chi connectivity index (χ1n) is 6.42. The summed E-state index contributed by atoms with van der Waals surface area (Å²) in [6.07, 6.45) is 0. The second kappa shape index (κ2) is 5.46. The van der Waals surface area contributed by atoms with Gasteiger partial charge in [0.25, 0.3) is 0 Å². The van der Waals surface area contributed by atoms with E-state index in [2.05, 4.69) is 5.32 Å². The van der Waals surface area contributed by atoms with E-state index in [1.807, 2.05) is 4.90 Å². The molecule has 0 aromatic heterocycles. The Labute approximate surface area is 113 Å². The lowest BCUT2D eigenvalue weighted by Gasteiger charge is -2.29. The molecule has 1 fully saturated rings. The summed E-state index contributed by atoms with van der Waals surface area (Å²) in [5.74, 6) is -0.469. The van der Waals surface area contributed by atoms with Crippen LogP contribution in [0.15, 0.2) is 23.1 Å². The van der Waals surface area contributed by atoms with Crippen molar-refractivity contribution < 1.29 is 12.8 Å². The minimum atomic E-state index is -3.42. The molecule has 1 aliphatic rings. The molecule has 0 radical (unpaired) electrons. The van der Waals surface area contributed by atoms with Gasteiger partial charge in [-0.2, -0.15) is 0 Å². The first-order chi connectivity index (χ1) is 8.93. The number of hydrogen-bond donors (Lipinski definition) is 1. The summed E-state index contributed by atoms with van der Waals surface area (Å²) in [7, 11) is -3.42. The smallest absolute Gasteiger partial charge is 0.180 e. The van der Waals surface area contributed by atoms with Crippen LogP contribution in [0, 0.1) is 5.82 Å². The minimum absolute atomic E-state index is 0.0545. The average Bonchev–Trinajstić information content (AvgIpc) is 2.39. The van der Waals surface area contributed by atoms with Gasteiger partial charge in [0.15, 0.2) is 9.84 Å². The van der Waals surface area contributed by atoms with Gasteiger partial charge in [-0.3, -0.25) is 0 Å². The van der Waals surface area contributed by atoms with Gasteiger partial charge in [0, 0.05) is 26.2 Å². The average molecular weight is 286 g/mol. The second-order valence-corrected chi connectivity index (χ2v) is 7.45. The molecule has 1 aliphatic heterocycles. The number of halogens is 1. The lowest BCUT2D eigenvalue weighted by Crippen LogP contribution is -2.43. The van der Waals surface area contributed by atoms with Gasteiger partial charge in [0.1, 0.15) is 5.82 Å². The van der Waals surface area contributed by atoms with Crippen LogP contribution in [-0.2, 0) is 9.84 Å². The lowest BCUT2D eigenvalue weighted by molar-refractivity contribution is 0.562. The summed E-state index contributed by atoms with van der Waals surface area (Å²) < 4.78 is 38.1. The van der Waals surface area contributed by atoms with Crippen molar-refractivity contribution in [2.45, 2.75) is 24.0 Å². The van der Waals surface area contributed by atoms with E-state index in [1.54, 1.807) is 19.9 Å². The molecular formula is C13H19FN2O2S. The summed E-state index contributed by atoms with van der Waals surface area (Å²) in [6.45, 7) is 6.27. The number of nitrogens with one attached hydrogen (secondary N) is 1. The van der Waals surface area contributed by atoms with E-state index in [0.29, 0.717) is 5.69 Å². The van der Waals surface area contributed by atoms with E-state index in [1.165, 1.54) is 6.07 Å². The van der Waals surface area contributed by atoms with Crippen LogP contribution in [0.1, 0.15) is 13.8 Å². The van der Waals surface area contributed by atoms with Crippen molar-refractivity contribution in [1.82, 2.24) is 5.32 Å². The summed E-state index contributed by atoms with van der Waals surface area (Å²) in [4.78, 5) is 1.98. The summed E-state index contributed by atoms with van der Waals surface area (Å²) >= 11 is 0. The Hall–Kier alpha value is -1.14. The SMILES string of the molecule is CC(C)S(=O)(=O)c1ccc(N2CCNCC2)c(F)c1. The van der Waals surface area contributed by atoms with Crippen LogP contribution in [-0.4, -0.2) is 39.8 Å². The topological polar surface area (TPSA) is 49.4 Å². The molecule has 1 heterocycles. The Kier molecular flexibility index (Phi) is 4.10. The minimum Gasteiger partial charge on any atom is -0.367 e. The Morgan fingerprint density at radius 2 is 1.89 bits per heavy atom. The summed E-state index contributed by atoms with van der Waals surface area (Å²) in [5, 5.41) is 2.65. The highest BCUT2D eigenvalue weighted by molar-refractivity contribution is 7.92. The summed E-state index contributed by atoms with van der Waals surface area (Å²) in [5.41, 5.74) is 0.476. The standard InChI is InChI=1S/C13H19FN2O2S/c1-10(2)19(17,18)11-3-4-13(12(14)9-11)16-7-5-15-6-8-16/h3-4,9-10,15H,5-8H2,1-2H3.